The zero-order chi connectivity index (χ0) is 22.5. The molecule has 0 fully saturated rings. The van der Waals surface area contributed by atoms with Gasteiger partial charge >= 0.3 is 11.9 Å². The van der Waals surface area contributed by atoms with Gasteiger partial charge in [0, 0.05) is 12.6 Å². The van der Waals surface area contributed by atoms with E-state index in [-0.39, 0.29) is 22.1 Å². The summed E-state index contributed by atoms with van der Waals surface area (Å²) in [6, 6.07) is 9.88. The van der Waals surface area contributed by atoms with Crippen LogP contribution in [0.3, 0.4) is 0 Å². The number of carbonyl (C=O) groups is 3. The number of amides is 1. The average Bonchev–Trinajstić information content (AvgIpc) is 2.71. The summed E-state index contributed by atoms with van der Waals surface area (Å²) in [5, 5.41) is 2.55. The number of sulfonamides is 1. The molecule has 0 aromatic heterocycles. The molecule has 0 atom stereocenters. The fraction of sp³-hybridized carbons (Fsp3) is 0.250. The molecule has 2 aromatic rings. The van der Waals surface area contributed by atoms with Gasteiger partial charge in [-0.1, -0.05) is 6.07 Å². The minimum absolute atomic E-state index is 0.108. The summed E-state index contributed by atoms with van der Waals surface area (Å²) in [7, 11) is -1.85. The fourth-order valence-electron chi connectivity index (χ4n) is 2.65. The Morgan fingerprint density at radius 1 is 1.00 bits per heavy atom. The number of hydrogen-bond acceptors (Lipinski definition) is 7. The van der Waals surface area contributed by atoms with Crippen LogP contribution in [0.15, 0.2) is 47.4 Å². The number of hydrogen-bond donors (Lipinski definition) is 1. The maximum Gasteiger partial charge on any atom is 0.337 e. The van der Waals surface area contributed by atoms with Crippen LogP contribution < -0.4 is 9.62 Å². The standard InChI is InChI=1S/C20H22N2O7S/c1-13-5-6-15(20(25)29-4)11-18(13)22(12-19(24)28-3)30(26,27)17-9-7-16(8-10-17)21-14(2)23/h5-11H,12H2,1-4H3,(H,21,23). The van der Waals surface area contributed by atoms with Crippen LogP contribution in [0.5, 0.6) is 0 Å². The van der Waals surface area contributed by atoms with Crippen LogP contribution >= 0.6 is 0 Å². The smallest absolute Gasteiger partial charge is 0.337 e. The Hall–Kier alpha value is -3.40. The summed E-state index contributed by atoms with van der Waals surface area (Å²) in [4.78, 5) is 34.9. The van der Waals surface area contributed by atoms with E-state index in [0.29, 0.717) is 11.3 Å². The van der Waals surface area contributed by atoms with Crippen molar-refractivity contribution in [2.45, 2.75) is 18.7 Å². The summed E-state index contributed by atoms with van der Waals surface area (Å²) < 4.78 is 36.9. The molecule has 0 aliphatic heterocycles. The van der Waals surface area contributed by atoms with Gasteiger partial charge in [0.25, 0.3) is 10.0 Å². The average molecular weight is 434 g/mol. The van der Waals surface area contributed by atoms with Crippen molar-refractivity contribution in [1.29, 1.82) is 0 Å². The van der Waals surface area contributed by atoms with E-state index in [1.807, 2.05) is 0 Å². The van der Waals surface area contributed by atoms with Crippen LogP contribution in [0.4, 0.5) is 11.4 Å². The Morgan fingerprint density at radius 2 is 1.63 bits per heavy atom. The maximum absolute atomic E-state index is 13.3. The predicted molar refractivity (Wildman–Crippen MR) is 110 cm³/mol. The Morgan fingerprint density at radius 3 is 2.17 bits per heavy atom. The normalized spacial score (nSPS) is 10.8. The zero-order valence-corrected chi connectivity index (χ0v) is 17.8. The van der Waals surface area contributed by atoms with Gasteiger partial charge < -0.3 is 14.8 Å². The topological polar surface area (TPSA) is 119 Å². The molecular formula is C20H22N2O7S. The Balaban J connectivity index is 2.57. The first-order valence-corrected chi connectivity index (χ1v) is 10.2. The summed E-state index contributed by atoms with van der Waals surface area (Å²) in [5.41, 5.74) is 1.20. The number of carbonyl (C=O) groups excluding carboxylic acids is 3. The molecule has 30 heavy (non-hydrogen) atoms. The van der Waals surface area contributed by atoms with Crippen LogP contribution in [0.2, 0.25) is 0 Å². The second kappa shape index (κ2) is 9.40. The highest BCUT2D eigenvalue weighted by atomic mass is 32.2. The molecule has 1 amide bonds. The van der Waals surface area contributed by atoms with Gasteiger partial charge in [0.1, 0.15) is 6.54 Å². The molecule has 9 nitrogen and oxygen atoms in total. The number of nitrogens with one attached hydrogen (secondary N) is 1. The van der Waals surface area contributed by atoms with Gasteiger partial charge in [-0.05, 0) is 48.9 Å². The molecule has 2 rings (SSSR count). The molecule has 0 aliphatic rings. The van der Waals surface area contributed by atoms with E-state index in [4.69, 9.17) is 4.74 Å². The lowest BCUT2D eigenvalue weighted by atomic mass is 10.1. The van der Waals surface area contributed by atoms with Gasteiger partial charge in [-0.3, -0.25) is 13.9 Å². The van der Waals surface area contributed by atoms with E-state index in [1.54, 1.807) is 13.0 Å². The SMILES string of the molecule is COC(=O)CN(c1cc(C(=O)OC)ccc1C)S(=O)(=O)c1ccc(NC(C)=O)cc1. The van der Waals surface area contributed by atoms with Crippen molar-refractivity contribution in [3.8, 4) is 0 Å². The van der Waals surface area contributed by atoms with Gasteiger partial charge in [0.2, 0.25) is 5.91 Å². The molecule has 0 bridgehead atoms. The minimum Gasteiger partial charge on any atom is -0.468 e. The first-order valence-electron chi connectivity index (χ1n) is 8.76. The van der Waals surface area contributed by atoms with Gasteiger partial charge in [0.15, 0.2) is 0 Å². The van der Waals surface area contributed by atoms with Gasteiger partial charge in [-0.25, -0.2) is 13.2 Å². The number of esters is 2. The highest BCUT2D eigenvalue weighted by Gasteiger charge is 2.29. The van der Waals surface area contributed by atoms with Crippen LogP contribution in [0.1, 0.15) is 22.8 Å². The van der Waals surface area contributed by atoms with Crippen molar-refractivity contribution in [2.24, 2.45) is 0 Å². The summed E-state index contributed by atoms with van der Waals surface area (Å²) in [6.45, 7) is 2.38. The van der Waals surface area contributed by atoms with Crippen molar-refractivity contribution in [2.75, 3.05) is 30.4 Å². The van der Waals surface area contributed by atoms with E-state index < -0.39 is 28.5 Å². The molecule has 0 saturated carbocycles. The molecule has 0 saturated heterocycles. The number of methoxy groups -OCH3 is 2. The number of nitrogens with zero attached hydrogens (tertiary/aromatic N) is 1. The monoisotopic (exact) mass is 434 g/mol. The maximum atomic E-state index is 13.3. The predicted octanol–water partition coefficient (Wildman–Crippen LogP) is 2.11. The lowest BCUT2D eigenvalue weighted by molar-refractivity contribution is -0.138. The molecular weight excluding hydrogens is 412 g/mol. The molecule has 0 heterocycles. The third kappa shape index (κ3) is 5.15. The largest absolute Gasteiger partial charge is 0.468 e. The van der Waals surface area contributed by atoms with E-state index in [9.17, 15) is 22.8 Å². The summed E-state index contributed by atoms with van der Waals surface area (Å²) in [5.74, 6) is -1.73. The molecule has 160 valence electrons. The molecule has 10 heteroatoms. The fourth-order valence-corrected chi connectivity index (χ4v) is 4.11. The van der Waals surface area contributed by atoms with Crippen LogP contribution in [-0.4, -0.2) is 47.0 Å². The second-order valence-electron chi connectivity index (χ2n) is 6.29. The molecule has 2 aromatic carbocycles. The first kappa shape index (κ1) is 22.9. The van der Waals surface area contributed by atoms with E-state index >= 15 is 0 Å². The van der Waals surface area contributed by atoms with Gasteiger partial charge in [0.05, 0.1) is 30.4 Å². The van der Waals surface area contributed by atoms with Crippen molar-refractivity contribution < 1.29 is 32.3 Å². The van der Waals surface area contributed by atoms with Crippen molar-refractivity contribution in [3.63, 3.8) is 0 Å². The Labute approximate surface area is 174 Å². The number of anilines is 2. The van der Waals surface area contributed by atoms with Crippen LogP contribution in [-0.2, 0) is 29.1 Å². The van der Waals surface area contributed by atoms with E-state index in [1.165, 1.54) is 50.4 Å². The molecule has 0 aliphatic carbocycles. The molecule has 1 N–H and O–H groups in total. The minimum atomic E-state index is -4.21. The number of ether oxygens (including phenoxy) is 2. The number of benzene rings is 2. The van der Waals surface area contributed by atoms with Gasteiger partial charge in [-0.2, -0.15) is 0 Å². The molecule has 0 spiro atoms. The van der Waals surface area contributed by atoms with Crippen LogP contribution in [0, 0.1) is 6.92 Å². The second-order valence-corrected chi connectivity index (χ2v) is 8.15. The van der Waals surface area contributed by atoms with Crippen molar-refractivity contribution in [3.05, 3.63) is 53.6 Å². The summed E-state index contributed by atoms with van der Waals surface area (Å²) >= 11 is 0. The number of aryl methyl sites for hydroxylation is 1. The van der Waals surface area contributed by atoms with E-state index in [0.717, 1.165) is 11.4 Å². The van der Waals surface area contributed by atoms with Crippen molar-refractivity contribution in [1.82, 2.24) is 0 Å². The van der Waals surface area contributed by atoms with Crippen molar-refractivity contribution >= 4 is 39.2 Å². The highest BCUT2D eigenvalue weighted by Crippen LogP contribution is 2.29. The first-order chi connectivity index (χ1) is 14.1. The Bertz CT molecular complexity index is 1060. The highest BCUT2D eigenvalue weighted by molar-refractivity contribution is 7.92. The lowest BCUT2D eigenvalue weighted by Crippen LogP contribution is -2.37. The Kier molecular flexibility index (Phi) is 7.17. The third-order valence-corrected chi connectivity index (χ3v) is 5.94. The third-order valence-electron chi connectivity index (χ3n) is 4.16. The molecule has 0 unspecified atom stereocenters. The van der Waals surface area contributed by atoms with Crippen LogP contribution in [0.25, 0.3) is 0 Å². The van der Waals surface area contributed by atoms with Gasteiger partial charge in [-0.15, -0.1) is 0 Å². The quantitative estimate of drug-likeness (QED) is 0.663. The molecule has 0 radical (unpaired) electrons. The zero-order valence-electron chi connectivity index (χ0n) is 17.0. The summed E-state index contributed by atoms with van der Waals surface area (Å²) in [6.07, 6.45) is 0. The van der Waals surface area contributed by atoms with E-state index in [2.05, 4.69) is 10.1 Å². The lowest BCUT2D eigenvalue weighted by Gasteiger charge is -2.25. The number of rotatable bonds is 7.